The third-order valence-electron chi connectivity index (χ3n) is 2.97. The molecule has 0 aromatic rings. The van der Waals surface area contributed by atoms with Gasteiger partial charge in [-0.3, -0.25) is 22.7 Å². The second-order valence-electron chi connectivity index (χ2n) is 5.05. The molecule has 0 heterocycles. The van der Waals surface area contributed by atoms with Gasteiger partial charge in [0.1, 0.15) is 11.6 Å². The summed E-state index contributed by atoms with van der Waals surface area (Å²) in [6.07, 6.45) is 1.22. The van der Waals surface area contributed by atoms with Gasteiger partial charge in [0, 0.05) is 51.9 Å². The maximum atomic E-state index is 12.1. The van der Waals surface area contributed by atoms with E-state index in [1.807, 2.05) is 0 Å². The van der Waals surface area contributed by atoms with E-state index in [4.69, 9.17) is 0 Å². The van der Waals surface area contributed by atoms with Crippen LogP contribution in [0.4, 0.5) is 0 Å². The van der Waals surface area contributed by atoms with E-state index in [0.717, 1.165) is 0 Å². The van der Waals surface area contributed by atoms with Gasteiger partial charge in [-0.1, -0.05) is 0 Å². The van der Waals surface area contributed by atoms with Crippen molar-refractivity contribution >= 4 is 46.2 Å². The Kier molecular flexibility index (Phi) is 11.9. The zero-order valence-electron chi connectivity index (χ0n) is 13.1. The molecule has 0 aromatic heterocycles. The Balaban J connectivity index is 4.20. The fraction of sp³-hybridized carbons (Fsp3) is 0.714. The molecule has 0 atom stereocenters. The topological polar surface area (TPSA) is 95.6 Å². The van der Waals surface area contributed by atoms with Crippen LogP contribution in [0, 0.1) is 0 Å². The summed E-state index contributed by atoms with van der Waals surface area (Å²) in [6.45, 7) is 4.65. The van der Waals surface area contributed by atoms with Gasteiger partial charge < -0.3 is 10.2 Å². The standard InChI is InChI=1S/C14H24IN3O4/c1-11(19)3-7-16-8-4-14(22)18(9-5-12(2)20)10-6-13(21)17-15/h16H,3-10H2,1-2H3,(H,17,21). The number of carbonyl (C=O) groups excluding carboxylic acids is 4. The zero-order valence-corrected chi connectivity index (χ0v) is 15.3. The number of nitrogens with zero attached hydrogens (tertiary/aromatic N) is 1. The third-order valence-corrected chi connectivity index (χ3v) is 3.57. The lowest BCUT2D eigenvalue weighted by Gasteiger charge is -2.22. The average molecular weight is 425 g/mol. The molecule has 0 aliphatic rings. The Morgan fingerprint density at radius 1 is 0.864 bits per heavy atom. The molecule has 0 radical (unpaired) electrons. The van der Waals surface area contributed by atoms with Crippen LogP contribution in [-0.4, -0.2) is 54.5 Å². The Hall–Kier alpha value is -1.03. The minimum Gasteiger partial charge on any atom is -0.342 e. The highest BCUT2D eigenvalue weighted by Crippen LogP contribution is 2.00. The SMILES string of the molecule is CC(=O)CCNCCC(=O)N(CCC(C)=O)CCC(=O)NI. The van der Waals surface area contributed by atoms with Gasteiger partial charge in [0.05, 0.1) is 22.9 Å². The molecule has 8 heteroatoms. The third kappa shape index (κ3) is 11.6. The van der Waals surface area contributed by atoms with Crippen LogP contribution in [0.1, 0.15) is 39.5 Å². The summed E-state index contributed by atoms with van der Waals surface area (Å²) in [5, 5.41) is 3.03. The molecule has 7 nitrogen and oxygen atoms in total. The summed E-state index contributed by atoms with van der Waals surface area (Å²) in [7, 11) is 0. The molecule has 0 saturated carbocycles. The number of hydrogen-bond acceptors (Lipinski definition) is 5. The van der Waals surface area contributed by atoms with Crippen molar-refractivity contribution in [1.29, 1.82) is 0 Å². The predicted molar refractivity (Wildman–Crippen MR) is 91.4 cm³/mol. The quantitative estimate of drug-likeness (QED) is 0.272. The summed E-state index contributed by atoms with van der Waals surface area (Å²) in [6, 6.07) is 0. The van der Waals surface area contributed by atoms with E-state index in [9.17, 15) is 19.2 Å². The van der Waals surface area contributed by atoms with E-state index < -0.39 is 0 Å². The van der Waals surface area contributed by atoms with Crippen molar-refractivity contribution in [3.63, 3.8) is 0 Å². The summed E-state index contributed by atoms with van der Waals surface area (Å²) >= 11 is 1.75. The largest absolute Gasteiger partial charge is 0.342 e. The lowest BCUT2D eigenvalue weighted by Crippen LogP contribution is -2.37. The molecule has 0 bridgehead atoms. The number of ketones is 2. The van der Waals surface area contributed by atoms with Gasteiger partial charge in [-0.2, -0.15) is 0 Å². The van der Waals surface area contributed by atoms with E-state index in [0.29, 0.717) is 32.6 Å². The number of halogens is 1. The highest BCUT2D eigenvalue weighted by molar-refractivity contribution is 14.1. The lowest BCUT2D eigenvalue weighted by molar-refractivity contribution is -0.132. The summed E-state index contributed by atoms with van der Waals surface area (Å²) < 4.78 is 2.48. The summed E-state index contributed by atoms with van der Waals surface area (Å²) in [5.41, 5.74) is 0. The van der Waals surface area contributed by atoms with Crippen molar-refractivity contribution in [1.82, 2.24) is 13.7 Å². The van der Waals surface area contributed by atoms with Crippen LogP contribution in [0.2, 0.25) is 0 Å². The van der Waals surface area contributed by atoms with Gasteiger partial charge in [0.2, 0.25) is 11.8 Å². The van der Waals surface area contributed by atoms with Crippen molar-refractivity contribution < 1.29 is 19.2 Å². The van der Waals surface area contributed by atoms with Gasteiger partial charge in [0.25, 0.3) is 0 Å². The summed E-state index contributed by atoms with van der Waals surface area (Å²) in [4.78, 5) is 46.8. The number of carbonyl (C=O) groups is 4. The molecule has 0 aliphatic heterocycles. The number of Topliss-reactive ketones (excluding diaryl/α,β-unsaturated/α-hetero) is 2. The van der Waals surface area contributed by atoms with E-state index in [1.165, 1.54) is 13.8 Å². The van der Waals surface area contributed by atoms with Gasteiger partial charge >= 0.3 is 0 Å². The van der Waals surface area contributed by atoms with Gasteiger partial charge in [-0.05, 0) is 13.8 Å². The van der Waals surface area contributed by atoms with Crippen LogP contribution in [0.3, 0.4) is 0 Å². The molecule has 0 rings (SSSR count). The van der Waals surface area contributed by atoms with Crippen molar-refractivity contribution in [3.05, 3.63) is 0 Å². The number of rotatable bonds is 12. The first-order valence-electron chi connectivity index (χ1n) is 7.23. The van der Waals surface area contributed by atoms with Crippen LogP contribution < -0.4 is 8.85 Å². The molecular formula is C14H24IN3O4. The molecule has 0 aromatic carbocycles. The number of amides is 2. The number of hydrogen-bond donors (Lipinski definition) is 2. The first-order valence-corrected chi connectivity index (χ1v) is 8.31. The summed E-state index contributed by atoms with van der Waals surface area (Å²) in [5.74, 6) is -0.138. The first-order chi connectivity index (χ1) is 10.4. The number of nitrogens with one attached hydrogen (secondary N) is 2. The Morgan fingerprint density at radius 3 is 1.95 bits per heavy atom. The van der Waals surface area contributed by atoms with Crippen molar-refractivity contribution in [2.45, 2.75) is 39.5 Å². The van der Waals surface area contributed by atoms with Crippen LogP contribution in [0.25, 0.3) is 0 Å². The van der Waals surface area contributed by atoms with E-state index >= 15 is 0 Å². The Labute approximate surface area is 145 Å². The van der Waals surface area contributed by atoms with Crippen LogP contribution in [0.5, 0.6) is 0 Å². The Bertz CT molecular complexity index is 402. The Morgan fingerprint density at radius 2 is 1.41 bits per heavy atom. The molecule has 0 spiro atoms. The van der Waals surface area contributed by atoms with Crippen molar-refractivity contribution in [2.75, 3.05) is 26.2 Å². The zero-order chi connectivity index (χ0) is 17.0. The van der Waals surface area contributed by atoms with Crippen molar-refractivity contribution in [2.24, 2.45) is 0 Å². The predicted octanol–water partition coefficient (Wildman–Crippen LogP) is 0.609. The molecule has 126 valence electrons. The maximum absolute atomic E-state index is 12.1. The fourth-order valence-electron chi connectivity index (χ4n) is 1.68. The van der Waals surface area contributed by atoms with Gasteiger partial charge in [-0.25, -0.2) is 0 Å². The smallest absolute Gasteiger partial charge is 0.230 e. The molecule has 2 amide bonds. The molecule has 0 saturated heterocycles. The van der Waals surface area contributed by atoms with Crippen LogP contribution in [0.15, 0.2) is 0 Å². The monoisotopic (exact) mass is 425 g/mol. The van der Waals surface area contributed by atoms with Gasteiger partial charge in [0.15, 0.2) is 0 Å². The van der Waals surface area contributed by atoms with Crippen LogP contribution >= 0.6 is 22.9 Å². The molecule has 0 aliphatic carbocycles. The highest BCUT2D eigenvalue weighted by atomic mass is 127. The van der Waals surface area contributed by atoms with Gasteiger partial charge in [-0.15, -0.1) is 0 Å². The highest BCUT2D eigenvalue weighted by Gasteiger charge is 2.15. The second-order valence-corrected chi connectivity index (χ2v) is 5.59. The molecular weight excluding hydrogens is 401 g/mol. The minimum absolute atomic E-state index is 0.00993. The van der Waals surface area contributed by atoms with E-state index in [2.05, 4.69) is 8.85 Å². The lowest BCUT2D eigenvalue weighted by atomic mass is 10.2. The first kappa shape index (κ1) is 21.0. The second kappa shape index (κ2) is 12.5. The van der Waals surface area contributed by atoms with Crippen LogP contribution in [-0.2, 0) is 19.2 Å². The van der Waals surface area contributed by atoms with E-state index in [1.54, 1.807) is 27.8 Å². The molecule has 0 fully saturated rings. The maximum Gasteiger partial charge on any atom is 0.230 e. The molecule has 2 N–H and O–H groups in total. The molecule has 0 unspecified atom stereocenters. The normalized spacial score (nSPS) is 10.1. The minimum atomic E-state index is -0.152. The van der Waals surface area contributed by atoms with E-state index in [-0.39, 0.29) is 42.6 Å². The fourth-order valence-corrected chi connectivity index (χ4v) is 1.95. The molecule has 22 heavy (non-hydrogen) atoms. The van der Waals surface area contributed by atoms with Crippen molar-refractivity contribution in [3.8, 4) is 0 Å². The average Bonchev–Trinajstić information content (AvgIpc) is 2.45.